The van der Waals surface area contributed by atoms with Crippen LogP contribution in [-0.4, -0.2) is 11.7 Å². The molecule has 0 aliphatic carbocycles. The zero-order chi connectivity index (χ0) is 14.7. The van der Waals surface area contributed by atoms with E-state index in [4.69, 9.17) is 4.74 Å². The van der Waals surface area contributed by atoms with E-state index < -0.39 is 6.10 Å². The van der Waals surface area contributed by atoms with Crippen molar-refractivity contribution in [2.24, 2.45) is 0 Å². The second-order valence-corrected chi connectivity index (χ2v) is 5.79. The summed E-state index contributed by atoms with van der Waals surface area (Å²) >= 11 is 3.46. The van der Waals surface area contributed by atoms with Crippen molar-refractivity contribution >= 4 is 15.9 Å². The predicted molar refractivity (Wildman–Crippen MR) is 85.3 cm³/mol. The van der Waals surface area contributed by atoms with Gasteiger partial charge < -0.3 is 9.84 Å². The minimum atomic E-state index is -0.686. The zero-order valence-corrected chi connectivity index (χ0v) is 13.6. The molecule has 0 bridgehead atoms. The van der Waals surface area contributed by atoms with Crippen molar-refractivity contribution < 1.29 is 9.84 Å². The standard InChI is InChI=1S/C17H19BrO2/c1-4-20-16-8-5-11(2)9-15(16)17(19)14-10-13(18)7-6-12(14)3/h5-10,17,19H,4H2,1-3H3. The first-order chi connectivity index (χ1) is 9.52. The maximum atomic E-state index is 10.7. The van der Waals surface area contributed by atoms with Gasteiger partial charge in [-0.1, -0.05) is 33.6 Å². The minimum Gasteiger partial charge on any atom is -0.493 e. The van der Waals surface area contributed by atoms with Gasteiger partial charge in [-0.2, -0.15) is 0 Å². The van der Waals surface area contributed by atoms with Gasteiger partial charge in [0.1, 0.15) is 11.9 Å². The lowest BCUT2D eigenvalue weighted by Crippen LogP contribution is -2.06. The molecular formula is C17H19BrO2. The number of aliphatic hydroxyl groups is 1. The highest BCUT2D eigenvalue weighted by molar-refractivity contribution is 9.10. The van der Waals surface area contributed by atoms with Crippen molar-refractivity contribution in [1.29, 1.82) is 0 Å². The molecule has 2 aromatic carbocycles. The molecule has 0 saturated heterocycles. The summed E-state index contributed by atoms with van der Waals surface area (Å²) in [6.07, 6.45) is -0.686. The van der Waals surface area contributed by atoms with Crippen LogP contribution in [0.25, 0.3) is 0 Å². The van der Waals surface area contributed by atoms with Gasteiger partial charge >= 0.3 is 0 Å². The van der Waals surface area contributed by atoms with Crippen molar-refractivity contribution in [2.75, 3.05) is 6.61 Å². The van der Waals surface area contributed by atoms with Crippen molar-refractivity contribution in [3.63, 3.8) is 0 Å². The molecule has 3 heteroatoms. The van der Waals surface area contributed by atoms with Crippen molar-refractivity contribution in [2.45, 2.75) is 26.9 Å². The summed E-state index contributed by atoms with van der Waals surface area (Å²) in [6.45, 7) is 6.54. The summed E-state index contributed by atoms with van der Waals surface area (Å²) in [5, 5.41) is 10.7. The summed E-state index contributed by atoms with van der Waals surface area (Å²) in [5.74, 6) is 0.741. The first-order valence-electron chi connectivity index (χ1n) is 6.70. The third-order valence-electron chi connectivity index (χ3n) is 3.30. The molecule has 1 unspecified atom stereocenters. The van der Waals surface area contributed by atoms with E-state index in [1.165, 1.54) is 0 Å². The molecule has 0 aliphatic heterocycles. The number of aryl methyl sites for hydroxylation is 2. The topological polar surface area (TPSA) is 29.5 Å². The second kappa shape index (κ2) is 6.42. The minimum absolute atomic E-state index is 0.584. The van der Waals surface area contributed by atoms with E-state index in [0.29, 0.717) is 6.61 Å². The van der Waals surface area contributed by atoms with E-state index in [1.54, 1.807) is 0 Å². The second-order valence-electron chi connectivity index (χ2n) is 4.88. The number of hydrogen-bond donors (Lipinski definition) is 1. The van der Waals surface area contributed by atoms with Gasteiger partial charge in [-0.3, -0.25) is 0 Å². The van der Waals surface area contributed by atoms with Crippen LogP contribution >= 0.6 is 15.9 Å². The Morgan fingerprint density at radius 1 is 1.10 bits per heavy atom. The monoisotopic (exact) mass is 334 g/mol. The Bertz CT molecular complexity index is 608. The fourth-order valence-corrected chi connectivity index (χ4v) is 2.62. The van der Waals surface area contributed by atoms with Gasteiger partial charge in [-0.15, -0.1) is 0 Å². The van der Waals surface area contributed by atoms with Crippen molar-refractivity contribution in [3.8, 4) is 5.75 Å². The molecule has 20 heavy (non-hydrogen) atoms. The Labute approximate surface area is 128 Å². The van der Waals surface area contributed by atoms with E-state index in [2.05, 4.69) is 15.9 Å². The highest BCUT2D eigenvalue weighted by Crippen LogP contribution is 2.33. The Hall–Kier alpha value is -1.32. The fraction of sp³-hybridized carbons (Fsp3) is 0.294. The maximum absolute atomic E-state index is 10.7. The Morgan fingerprint density at radius 2 is 1.85 bits per heavy atom. The number of ether oxygens (including phenoxy) is 1. The summed E-state index contributed by atoms with van der Waals surface area (Å²) in [4.78, 5) is 0. The average molecular weight is 335 g/mol. The van der Waals surface area contributed by atoms with E-state index in [0.717, 1.165) is 32.5 Å². The molecule has 0 amide bonds. The molecule has 1 atom stereocenters. The molecule has 106 valence electrons. The van der Waals surface area contributed by atoms with Crippen LogP contribution < -0.4 is 4.74 Å². The van der Waals surface area contributed by atoms with Crippen LogP contribution in [0.4, 0.5) is 0 Å². The van der Waals surface area contributed by atoms with E-state index in [-0.39, 0.29) is 0 Å². The van der Waals surface area contributed by atoms with Crippen LogP contribution in [0.1, 0.15) is 35.3 Å². The highest BCUT2D eigenvalue weighted by Gasteiger charge is 2.18. The van der Waals surface area contributed by atoms with Gasteiger partial charge in [-0.25, -0.2) is 0 Å². The Kier molecular flexibility index (Phi) is 4.84. The number of rotatable bonds is 4. The van der Waals surface area contributed by atoms with Crippen LogP contribution in [0.3, 0.4) is 0 Å². The zero-order valence-electron chi connectivity index (χ0n) is 12.0. The summed E-state index contributed by atoms with van der Waals surface area (Å²) in [7, 11) is 0. The molecular weight excluding hydrogens is 316 g/mol. The van der Waals surface area contributed by atoms with Gasteiger partial charge in [0, 0.05) is 10.0 Å². The Balaban J connectivity index is 2.49. The van der Waals surface area contributed by atoms with Crippen LogP contribution in [0.2, 0.25) is 0 Å². The third-order valence-corrected chi connectivity index (χ3v) is 3.79. The molecule has 0 saturated carbocycles. The van der Waals surface area contributed by atoms with Crippen LogP contribution in [0, 0.1) is 13.8 Å². The Morgan fingerprint density at radius 3 is 2.55 bits per heavy atom. The van der Waals surface area contributed by atoms with Crippen LogP contribution in [-0.2, 0) is 0 Å². The summed E-state index contributed by atoms with van der Waals surface area (Å²) in [5.41, 5.74) is 3.87. The molecule has 1 N–H and O–H groups in total. The highest BCUT2D eigenvalue weighted by atomic mass is 79.9. The fourth-order valence-electron chi connectivity index (χ4n) is 2.24. The predicted octanol–water partition coefficient (Wildman–Crippen LogP) is 4.55. The number of hydrogen-bond acceptors (Lipinski definition) is 2. The van der Waals surface area contributed by atoms with E-state index in [9.17, 15) is 5.11 Å². The SMILES string of the molecule is CCOc1ccc(C)cc1C(O)c1cc(Br)ccc1C. The van der Waals surface area contributed by atoms with Gasteiger partial charge in [0.05, 0.1) is 6.61 Å². The lowest BCUT2D eigenvalue weighted by atomic mass is 9.96. The molecule has 0 aromatic heterocycles. The summed E-state index contributed by atoms with van der Waals surface area (Å²) in [6, 6.07) is 11.8. The average Bonchev–Trinajstić information content (AvgIpc) is 2.43. The van der Waals surface area contributed by atoms with Gasteiger partial charge in [0.2, 0.25) is 0 Å². The van der Waals surface area contributed by atoms with Crippen LogP contribution in [0.5, 0.6) is 5.75 Å². The smallest absolute Gasteiger partial charge is 0.125 e. The number of aliphatic hydroxyl groups excluding tert-OH is 1. The number of benzene rings is 2. The van der Waals surface area contributed by atoms with Crippen LogP contribution in [0.15, 0.2) is 40.9 Å². The van der Waals surface area contributed by atoms with E-state index in [1.807, 2.05) is 57.2 Å². The molecule has 2 nitrogen and oxygen atoms in total. The molecule has 2 rings (SSSR count). The van der Waals surface area contributed by atoms with Gasteiger partial charge in [0.25, 0.3) is 0 Å². The summed E-state index contributed by atoms with van der Waals surface area (Å²) < 4.78 is 6.59. The van der Waals surface area contributed by atoms with Crippen molar-refractivity contribution in [3.05, 3.63) is 63.1 Å². The largest absolute Gasteiger partial charge is 0.493 e. The van der Waals surface area contributed by atoms with Gasteiger partial charge in [0.15, 0.2) is 0 Å². The quantitative estimate of drug-likeness (QED) is 0.888. The van der Waals surface area contributed by atoms with E-state index >= 15 is 0 Å². The first kappa shape index (κ1) is 15.1. The van der Waals surface area contributed by atoms with Gasteiger partial charge in [-0.05, 0) is 56.2 Å². The molecule has 0 radical (unpaired) electrons. The molecule has 0 spiro atoms. The molecule has 2 aromatic rings. The maximum Gasteiger partial charge on any atom is 0.125 e. The first-order valence-corrected chi connectivity index (χ1v) is 7.49. The van der Waals surface area contributed by atoms with Crippen molar-refractivity contribution in [1.82, 2.24) is 0 Å². The number of halogens is 1. The molecule has 0 heterocycles. The molecule has 0 fully saturated rings. The molecule has 0 aliphatic rings. The third kappa shape index (κ3) is 3.22. The normalized spacial score (nSPS) is 12.2. The lowest BCUT2D eigenvalue weighted by molar-refractivity contribution is 0.211. The lowest BCUT2D eigenvalue weighted by Gasteiger charge is -2.18.